The SMILES string of the molecule is O=S(=O)(Nc1ccccn1)c1ccc(N=Cc2cccc(Br)c2)cc1. The molecule has 0 unspecified atom stereocenters. The van der Waals surface area contributed by atoms with E-state index in [9.17, 15) is 8.42 Å². The van der Waals surface area contributed by atoms with Gasteiger partial charge in [-0.2, -0.15) is 0 Å². The summed E-state index contributed by atoms with van der Waals surface area (Å²) in [5.41, 5.74) is 1.61. The quantitative estimate of drug-likeness (QED) is 0.627. The number of sulfonamides is 1. The Bertz CT molecular complexity index is 988. The van der Waals surface area contributed by atoms with Crippen LogP contribution in [0.4, 0.5) is 11.5 Å². The molecule has 0 aliphatic heterocycles. The third kappa shape index (κ3) is 4.74. The highest BCUT2D eigenvalue weighted by molar-refractivity contribution is 9.10. The van der Waals surface area contributed by atoms with E-state index in [1.54, 1.807) is 36.5 Å². The van der Waals surface area contributed by atoms with E-state index in [-0.39, 0.29) is 10.7 Å². The number of nitrogens with zero attached hydrogens (tertiary/aromatic N) is 2. The second-order valence-electron chi connectivity index (χ2n) is 5.13. The first-order chi connectivity index (χ1) is 12.0. The van der Waals surface area contributed by atoms with Crippen molar-refractivity contribution in [3.63, 3.8) is 0 Å². The molecule has 7 heteroatoms. The topological polar surface area (TPSA) is 71.4 Å². The van der Waals surface area contributed by atoms with Crippen molar-refractivity contribution in [2.24, 2.45) is 4.99 Å². The van der Waals surface area contributed by atoms with E-state index >= 15 is 0 Å². The van der Waals surface area contributed by atoms with E-state index in [4.69, 9.17) is 0 Å². The fourth-order valence-corrected chi connectivity index (χ4v) is 3.49. The van der Waals surface area contributed by atoms with Gasteiger partial charge in [-0.05, 0) is 54.1 Å². The van der Waals surface area contributed by atoms with Gasteiger partial charge in [-0.15, -0.1) is 0 Å². The number of anilines is 1. The summed E-state index contributed by atoms with van der Waals surface area (Å²) in [5, 5.41) is 0. The Hall–Kier alpha value is -2.51. The average molecular weight is 416 g/mol. The zero-order chi connectivity index (χ0) is 17.7. The maximum Gasteiger partial charge on any atom is 0.263 e. The molecule has 5 nitrogen and oxygen atoms in total. The van der Waals surface area contributed by atoms with Crippen LogP contribution in [0.15, 0.2) is 87.3 Å². The summed E-state index contributed by atoms with van der Waals surface area (Å²) >= 11 is 3.41. The minimum atomic E-state index is -3.67. The monoisotopic (exact) mass is 415 g/mol. The first kappa shape index (κ1) is 17.3. The minimum Gasteiger partial charge on any atom is -0.263 e. The lowest BCUT2D eigenvalue weighted by Gasteiger charge is -2.07. The summed E-state index contributed by atoms with van der Waals surface area (Å²) in [5.74, 6) is 0.277. The van der Waals surface area contributed by atoms with Crippen LogP contribution in [-0.2, 0) is 10.0 Å². The molecular formula is C18H14BrN3O2S. The molecular weight excluding hydrogens is 402 g/mol. The van der Waals surface area contributed by atoms with Crippen LogP contribution >= 0.6 is 15.9 Å². The number of hydrogen-bond acceptors (Lipinski definition) is 4. The molecule has 0 saturated carbocycles. The zero-order valence-electron chi connectivity index (χ0n) is 13.0. The van der Waals surface area contributed by atoms with E-state index < -0.39 is 10.0 Å². The second-order valence-corrected chi connectivity index (χ2v) is 7.73. The van der Waals surface area contributed by atoms with Crippen LogP contribution in [0.25, 0.3) is 0 Å². The van der Waals surface area contributed by atoms with Crippen molar-refractivity contribution >= 4 is 43.7 Å². The first-order valence-electron chi connectivity index (χ1n) is 7.36. The van der Waals surface area contributed by atoms with Crippen LogP contribution < -0.4 is 4.72 Å². The molecule has 0 amide bonds. The van der Waals surface area contributed by atoms with Crippen molar-refractivity contribution in [2.45, 2.75) is 4.90 Å². The lowest BCUT2D eigenvalue weighted by Crippen LogP contribution is -2.13. The van der Waals surface area contributed by atoms with Crippen molar-refractivity contribution in [3.8, 4) is 0 Å². The summed E-state index contributed by atoms with van der Waals surface area (Å²) in [6, 6.07) is 19.1. The molecule has 2 aromatic carbocycles. The van der Waals surface area contributed by atoms with Gasteiger partial charge in [0.15, 0.2) is 0 Å². The summed E-state index contributed by atoms with van der Waals surface area (Å²) in [6.07, 6.45) is 3.25. The fraction of sp³-hybridized carbons (Fsp3) is 0. The van der Waals surface area contributed by atoms with Crippen LogP contribution in [0.1, 0.15) is 5.56 Å². The van der Waals surface area contributed by atoms with Crippen molar-refractivity contribution in [1.29, 1.82) is 0 Å². The van der Waals surface area contributed by atoms with Gasteiger partial charge in [-0.1, -0.05) is 34.1 Å². The van der Waals surface area contributed by atoms with Gasteiger partial charge in [0.05, 0.1) is 10.6 Å². The molecule has 0 fully saturated rings. The second kappa shape index (κ2) is 7.58. The molecule has 1 heterocycles. The Morgan fingerprint density at radius 2 is 1.80 bits per heavy atom. The molecule has 3 rings (SSSR count). The molecule has 1 aromatic heterocycles. The van der Waals surface area contributed by atoms with E-state index in [0.29, 0.717) is 5.69 Å². The minimum absolute atomic E-state index is 0.152. The lowest BCUT2D eigenvalue weighted by molar-refractivity contribution is 0.601. The molecule has 0 aliphatic carbocycles. The van der Waals surface area contributed by atoms with Crippen LogP contribution in [0, 0.1) is 0 Å². The summed E-state index contributed by atoms with van der Waals surface area (Å²) in [7, 11) is -3.67. The largest absolute Gasteiger partial charge is 0.263 e. The van der Waals surface area contributed by atoms with Gasteiger partial charge < -0.3 is 0 Å². The summed E-state index contributed by atoms with van der Waals surface area (Å²) in [4.78, 5) is 8.46. The predicted octanol–water partition coefficient (Wildman–Crippen LogP) is 4.40. The molecule has 25 heavy (non-hydrogen) atoms. The van der Waals surface area contributed by atoms with Crippen molar-refractivity contribution in [2.75, 3.05) is 4.72 Å². The normalized spacial score (nSPS) is 11.6. The standard InChI is InChI=1S/C18H14BrN3O2S/c19-15-5-3-4-14(12-15)13-21-16-7-9-17(10-8-16)25(23,24)22-18-6-1-2-11-20-18/h1-13H,(H,20,22). The van der Waals surface area contributed by atoms with Crippen LogP contribution in [-0.4, -0.2) is 19.6 Å². The van der Waals surface area contributed by atoms with Crippen molar-refractivity contribution in [3.05, 3.63) is 83.0 Å². The third-order valence-corrected chi connectivity index (χ3v) is 5.13. The van der Waals surface area contributed by atoms with Gasteiger partial charge in [0.25, 0.3) is 10.0 Å². The fourth-order valence-electron chi connectivity index (χ4n) is 2.07. The Labute approximate surface area is 154 Å². The number of rotatable bonds is 5. The molecule has 0 bridgehead atoms. The number of pyridine rings is 1. The molecule has 0 aliphatic rings. The smallest absolute Gasteiger partial charge is 0.263 e. The molecule has 126 valence electrons. The lowest BCUT2D eigenvalue weighted by atomic mass is 10.2. The van der Waals surface area contributed by atoms with Gasteiger partial charge in [0, 0.05) is 16.9 Å². The molecule has 0 spiro atoms. The predicted molar refractivity (Wildman–Crippen MR) is 103 cm³/mol. The molecule has 0 saturated heterocycles. The summed E-state index contributed by atoms with van der Waals surface area (Å²) in [6.45, 7) is 0. The Morgan fingerprint density at radius 3 is 2.48 bits per heavy atom. The number of halogens is 1. The van der Waals surface area contributed by atoms with E-state index in [0.717, 1.165) is 10.0 Å². The van der Waals surface area contributed by atoms with Gasteiger partial charge in [0.2, 0.25) is 0 Å². The van der Waals surface area contributed by atoms with Crippen LogP contribution in [0.2, 0.25) is 0 Å². The third-order valence-electron chi connectivity index (χ3n) is 3.26. The molecule has 0 radical (unpaired) electrons. The van der Waals surface area contributed by atoms with Gasteiger partial charge in [-0.3, -0.25) is 9.71 Å². The maximum absolute atomic E-state index is 12.3. The highest BCUT2D eigenvalue weighted by Gasteiger charge is 2.14. The zero-order valence-corrected chi connectivity index (χ0v) is 15.4. The number of nitrogens with one attached hydrogen (secondary N) is 1. The van der Waals surface area contributed by atoms with Gasteiger partial charge >= 0.3 is 0 Å². The van der Waals surface area contributed by atoms with E-state index in [1.807, 2.05) is 24.3 Å². The van der Waals surface area contributed by atoms with E-state index in [2.05, 4.69) is 30.6 Å². The highest BCUT2D eigenvalue weighted by Crippen LogP contribution is 2.19. The Kier molecular flexibility index (Phi) is 5.25. The highest BCUT2D eigenvalue weighted by atomic mass is 79.9. The van der Waals surface area contributed by atoms with Crippen molar-refractivity contribution < 1.29 is 8.42 Å². The Balaban J connectivity index is 1.75. The maximum atomic E-state index is 12.3. The number of aromatic nitrogens is 1. The summed E-state index contributed by atoms with van der Waals surface area (Å²) < 4.78 is 28.1. The van der Waals surface area contributed by atoms with Crippen LogP contribution in [0.3, 0.4) is 0 Å². The molecule has 1 N–H and O–H groups in total. The van der Waals surface area contributed by atoms with E-state index in [1.165, 1.54) is 18.3 Å². The van der Waals surface area contributed by atoms with Gasteiger partial charge in [-0.25, -0.2) is 13.4 Å². The van der Waals surface area contributed by atoms with Crippen LogP contribution in [0.5, 0.6) is 0 Å². The van der Waals surface area contributed by atoms with Gasteiger partial charge in [0.1, 0.15) is 5.82 Å². The first-order valence-corrected chi connectivity index (χ1v) is 9.64. The number of benzene rings is 2. The molecule has 0 atom stereocenters. The molecule has 3 aromatic rings. The Morgan fingerprint density at radius 1 is 1.00 bits per heavy atom. The number of hydrogen-bond donors (Lipinski definition) is 1. The van der Waals surface area contributed by atoms with Crippen molar-refractivity contribution in [1.82, 2.24) is 4.98 Å². The number of aliphatic imine (C=N–C) groups is 1. The average Bonchev–Trinajstić information content (AvgIpc) is 2.61.